The van der Waals surface area contributed by atoms with E-state index in [1.807, 2.05) is 25.5 Å². The number of nitrogens with one attached hydrogen (secondary N) is 2. The van der Waals surface area contributed by atoms with Gasteiger partial charge in [0.25, 0.3) is 0 Å². The molecule has 9 nitrogen and oxygen atoms in total. The van der Waals surface area contributed by atoms with E-state index in [0.717, 1.165) is 25.7 Å². The third kappa shape index (κ3) is 10.1. The van der Waals surface area contributed by atoms with Gasteiger partial charge in [-0.15, -0.1) is 0 Å². The van der Waals surface area contributed by atoms with E-state index in [0.29, 0.717) is 13.0 Å². The minimum Gasteiger partial charge on any atom is -0.444 e. The summed E-state index contributed by atoms with van der Waals surface area (Å²) in [6.45, 7) is 11.3. The van der Waals surface area contributed by atoms with Gasteiger partial charge in [-0.3, -0.25) is 0 Å². The van der Waals surface area contributed by atoms with Crippen molar-refractivity contribution < 1.29 is 27.5 Å². The fourth-order valence-electron chi connectivity index (χ4n) is 2.85. The molecule has 1 aliphatic heterocycles. The molecule has 0 radical (unpaired) electrons. The van der Waals surface area contributed by atoms with Gasteiger partial charge in [-0.1, -0.05) is 6.42 Å². The number of amides is 2. The molecule has 0 aromatic carbocycles. The number of carbonyl (C=O) groups is 2. The lowest BCUT2D eigenvalue weighted by atomic mass is 10.1. The fraction of sp³-hybridized carbons (Fsp3) is 0.889. The maximum Gasteiger partial charge on any atom is 0.422 e. The second-order valence-corrected chi connectivity index (χ2v) is 10.5. The Labute approximate surface area is 168 Å². The highest BCUT2D eigenvalue weighted by Gasteiger charge is 2.31. The van der Waals surface area contributed by atoms with Crippen molar-refractivity contribution in [1.82, 2.24) is 14.3 Å². The molecule has 0 bridgehead atoms. The van der Waals surface area contributed by atoms with Crippen LogP contribution in [0.1, 0.15) is 73.6 Å². The van der Waals surface area contributed by atoms with Crippen LogP contribution in [0.3, 0.4) is 0 Å². The molecule has 28 heavy (non-hydrogen) atoms. The normalized spacial score (nSPS) is 18.1. The van der Waals surface area contributed by atoms with Crippen LogP contribution in [0, 0.1) is 0 Å². The second kappa shape index (κ2) is 9.78. The summed E-state index contributed by atoms with van der Waals surface area (Å²) in [6.07, 6.45) is 2.67. The summed E-state index contributed by atoms with van der Waals surface area (Å²) in [6, 6.07) is 0.117. The molecule has 1 heterocycles. The van der Waals surface area contributed by atoms with Gasteiger partial charge in [0.15, 0.2) is 0 Å². The van der Waals surface area contributed by atoms with E-state index in [1.54, 1.807) is 25.7 Å². The average molecular weight is 422 g/mol. The van der Waals surface area contributed by atoms with E-state index in [1.165, 1.54) is 0 Å². The van der Waals surface area contributed by atoms with Crippen LogP contribution in [0.5, 0.6) is 0 Å². The Morgan fingerprint density at radius 3 is 2.21 bits per heavy atom. The summed E-state index contributed by atoms with van der Waals surface area (Å²) in [5, 5.41) is 0. The van der Waals surface area contributed by atoms with Crippen molar-refractivity contribution >= 4 is 22.4 Å². The summed E-state index contributed by atoms with van der Waals surface area (Å²) < 4.78 is 38.2. The molecule has 1 fully saturated rings. The minimum absolute atomic E-state index is 0.117. The lowest BCUT2D eigenvalue weighted by Crippen LogP contribution is -2.43. The number of unbranched alkanes of at least 4 members (excludes halogenated alkanes) is 1. The lowest BCUT2D eigenvalue weighted by Gasteiger charge is -2.28. The molecule has 0 aliphatic carbocycles. The zero-order valence-electron chi connectivity index (χ0n) is 17.8. The third-order valence-electron chi connectivity index (χ3n) is 3.88. The van der Waals surface area contributed by atoms with Crippen LogP contribution in [0.25, 0.3) is 0 Å². The number of nitrogens with zero attached hydrogens (tertiary/aromatic N) is 1. The monoisotopic (exact) mass is 421 g/mol. The lowest BCUT2D eigenvalue weighted by molar-refractivity contribution is 0.0218. The highest BCUT2D eigenvalue weighted by molar-refractivity contribution is 7.88. The zero-order valence-corrected chi connectivity index (χ0v) is 18.6. The van der Waals surface area contributed by atoms with Gasteiger partial charge < -0.3 is 14.4 Å². The summed E-state index contributed by atoms with van der Waals surface area (Å²) in [7, 11) is -3.96. The molecule has 0 spiro atoms. The highest BCUT2D eigenvalue weighted by atomic mass is 32.2. The zero-order chi connectivity index (χ0) is 21.6. The molecule has 164 valence electrons. The molecule has 10 heteroatoms. The van der Waals surface area contributed by atoms with Gasteiger partial charge in [0, 0.05) is 19.1 Å². The van der Waals surface area contributed by atoms with Gasteiger partial charge >= 0.3 is 22.4 Å². The van der Waals surface area contributed by atoms with E-state index < -0.39 is 27.5 Å². The molecule has 1 saturated heterocycles. The molecule has 1 atom stereocenters. The first-order valence-electron chi connectivity index (χ1n) is 9.68. The molecular weight excluding hydrogens is 386 g/mol. The molecule has 0 saturated carbocycles. The number of ether oxygens (including phenoxy) is 2. The number of carbonyl (C=O) groups excluding carboxylic acids is 2. The molecule has 2 amide bonds. The number of rotatable bonds is 7. The van der Waals surface area contributed by atoms with Crippen molar-refractivity contribution in [3.8, 4) is 0 Å². The molecule has 1 aliphatic rings. The standard InChI is InChI=1S/C18H35N3O6S/c1-17(2,3)26-15(22)20-28(24,25)19-12-8-7-10-14-11-9-13-21(14)16(23)27-18(4,5)6/h14,19H,7-13H2,1-6H3,(H,20,22)/t14-/m0/s1. The topological polar surface area (TPSA) is 114 Å². The fourth-order valence-corrected chi connectivity index (χ4v) is 3.60. The molecule has 0 aromatic heterocycles. The molecule has 1 rings (SSSR count). The average Bonchev–Trinajstić information content (AvgIpc) is 2.90. The van der Waals surface area contributed by atoms with Gasteiger partial charge in [0.05, 0.1) is 0 Å². The van der Waals surface area contributed by atoms with Crippen LogP contribution in [-0.4, -0.2) is 55.8 Å². The van der Waals surface area contributed by atoms with Crippen LogP contribution >= 0.6 is 0 Å². The SMILES string of the molecule is CC(C)(C)OC(=O)NS(=O)(=O)NCCCC[C@H]1CCCN1C(=O)OC(C)(C)C. The first-order valence-corrected chi connectivity index (χ1v) is 11.2. The van der Waals surface area contributed by atoms with Gasteiger partial charge in [0.2, 0.25) is 0 Å². The van der Waals surface area contributed by atoms with Gasteiger partial charge in [-0.05, 0) is 67.2 Å². The van der Waals surface area contributed by atoms with Crippen molar-refractivity contribution in [3.05, 3.63) is 0 Å². The Morgan fingerprint density at radius 2 is 1.64 bits per heavy atom. The van der Waals surface area contributed by atoms with Crippen molar-refractivity contribution in [2.75, 3.05) is 13.1 Å². The minimum atomic E-state index is -3.96. The second-order valence-electron chi connectivity index (χ2n) is 8.97. The van der Waals surface area contributed by atoms with Crippen molar-refractivity contribution in [1.29, 1.82) is 0 Å². The smallest absolute Gasteiger partial charge is 0.422 e. The Hall–Kier alpha value is -1.55. The van der Waals surface area contributed by atoms with Crippen molar-refractivity contribution in [2.45, 2.75) is 90.9 Å². The molecular formula is C18H35N3O6S. The van der Waals surface area contributed by atoms with Crippen LogP contribution in [0.4, 0.5) is 9.59 Å². The first kappa shape index (κ1) is 24.5. The quantitative estimate of drug-likeness (QED) is 0.611. The van der Waals surface area contributed by atoms with E-state index in [4.69, 9.17) is 9.47 Å². The van der Waals surface area contributed by atoms with Crippen LogP contribution in [0.2, 0.25) is 0 Å². The summed E-state index contributed by atoms with van der Waals surface area (Å²) in [5.74, 6) is 0. The van der Waals surface area contributed by atoms with E-state index >= 15 is 0 Å². The summed E-state index contributed by atoms with van der Waals surface area (Å²) >= 11 is 0. The Kier molecular flexibility index (Phi) is 8.55. The van der Waals surface area contributed by atoms with Crippen LogP contribution in [0.15, 0.2) is 0 Å². The highest BCUT2D eigenvalue weighted by Crippen LogP contribution is 2.24. The van der Waals surface area contributed by atoms with E-state index in [2.05, 4.69) is 4.72 Å². The Bertz CT molecular complexity index is 637. The Balaban J connectivity index is 2.32. The molecule has 0 aromatic rings. The van der Waals surface area contributed by atoms with Crippen molar-refractivity contribution in [2.24, 2.45) is 0 Å². The number of likely N-dealkylation sites (tertiary alicyclic amines) is 1. The third-order valence-corrected chi connectivity index (χ3v) is 4.90. The number of hydrogen-bond acceptors (Lipinski definition) is 6. The largest absolute Gasteiger partial charge is 0.444 e. The molecule has 0 unspecified atom stereocenters. The van der Waals surface area contributed by atoms with Crippen LogP contribution in [-0.2, 0) is 19.7 Å². The maximum atomic E-state index is 12.3. The number of hydrogen-bond donors (Lipinski definition) is 2. The van der Waals surface area contributed by atoms with Crippen LogP contribution < -0.4 is 9.44 Å². The van der Waals surface area contributed by atoms with E-state index in [-0.39, 0.29) is 18.7 Å². The van der Waals surface area contributed by atoms with Gasteiger partial charge in [0.1, 0.15) is 11.2 Å². The molecule has 2 N–H and O–H groups in total. The Morgan fingerprint density at radius 1 is 1.04 bits per heavy atom. The maximum absolute atomic E-state index is 12.3. The summed E-state index contributed by atoms with van der Waals surface area (Å²) in [5.41, 5.74) is -1.30. The predicted molar refractivity (Wildman–Crippen MR) is 106 cm³/mol. The first-order chi connectivity index (χ1) is 12.7. The predicted octanol–water partition coefficient (Wildman–Crippen LogP) is 2.92. The summed E-state index contributed by atoms with van der Waals surface area (Å²) in [4.78, 5) is 25.6. The van der Waals surface area contributed by atoms with Crippen molar-refractivity contribution in [3.63, 3.8) is 0 Å². The van der Waals surface area contributed by atoms with E-state index in [9.17, 15) is 18.0 Å². The van der Waals surface area contributed by atoms with Gasteiger partial charge in [-0.2, -0.15) is 13.1 Å². The van der Waals surface area contributed by atoms with Gasteiger partial charge in [-0.25, -0.2) is 14.3 Å².